The van der Waals surface area contributed by atoms with E-state index >= 15 is 0 Å². The van der Waals surface area contributed by atoms with Crippen molar-refractivity contribution in [3.05, 3.63) is 34.3 Å². The molecule has 1 rings (SSSR count). The predicted octanol–water partition coefficient (Wildman–Crippen LogP) is 2.61. The van der Waals surface area contributed by atoms with Gasteiger partial charge in [-0.25, -0.2) is 4.79 Å². The number of amides is 1. The summed E-state index contributed by atoms with van der Waals surface area (Å²) in [6, 6.07) is 6.57. The van der Waals surface area contributed by atoms with Crippen molar-refractivity contribution in [2.24, 2.45) is 5.92 Å². The number of halogens is 1. The van der Waals surface area contributed by atoms with E-state index in [0.717, 1.165) is 10.0 Å². The fourth-order valence-electron chi connectivity index (χ4n) is 1.74. The molecule has 0 aliphatic heterocycles. The third kappa shape index (κ3) is 5.03. The van der Waals surface area contributed by atoms with Gasteiger partial charge in [0.1, 0.15) is 6.04 Å². The van der Waals surface area contributed by atoms with Crippen LogP contribution in [0.5, 0.6) is 0 Å². The summed E-state index contributed by atoms with van der Waals surface area (Å²) in [5.74, 6) is -1.35. The van der Waals surface area contributed by atoms with Crippen LogP contribution in [0.2, 0.25) is 0 Å². The molecule has 0 fully saturated rings. The number of carboxylic acid groups (broad SMARTS) is 1. The predicted molar refractivity (Wildman–Crippen MR) is 76.9 cm³/mol. The van der Waals surface area contributed by atoms with Crippen LogP contribution in [0.15, 0.2) is 28.7 Å². The molecule has 0 radical (unpaired) electrons. The first-order chi connectivity index (χ1) is 8.93. The van der Waals surface area contributed by atoms with Crippen LogP contribution in [-0.2, 0) is 16.0 Å². The molecule has 5 heteroatoms. The molecule has 0 spiro atoms. The Morgan fingerprint density at radius 3 is 2.63 bits per heavy atom. The first kappa shape index (κ1) is 15.7. The summed E-state index contributed by atoms with van der Waals surface area (Å²) in [6.45, 7) is 3.72. The summed E-state index contributed by atoms with van der Waals surface area (Å²) < 4.78 is 0.898. The van der Waals surface area contributed by atoms with E-state index < -0.39 is 12.0 Å². The Morgan fingerprint density at radius 1 is 1.42 bits per heavy atom. The maximum Gasteiger partial charge on any atom is 0.326 e. The summed E-state index contributed by atoms with van der Waals surface area (Å²) in [5, 5.41) is 11.7. The first-order valence-electron chi connectivity index (χ1n) is 6.20. The molecule has 0 heterocycles. The minimum Gasteiger partial charge on any atom is -0.480 e. The average molecular weight is 328 g/mol. The van der Waals surface area contributed by atoms with E-state index in [-0.39, 0.29) is 18.2 Å². The molecule has 0 aromatic heterocycles. The van der Waals surface area contributed by atoms with Crippen LogP contribution in [0.3, 0.4) is 0 Å². The van der Waals surface area contributed by atoms with Crippen LogP contribution < -0.4 is 5.32 Å². The Morgan fingerprint density at radius 2 is 2.11 bits per heavy atom. The number of carbonyl (C=O) groups excluding carboxylic acids is 1. The Kier molecular flexibility index (Phi) is 6.02. The summed E-state index contributed by atoms with van der Waals surface area (Å²) in [5.41, 5.74) is 0.847. The highest BCUT2D eigenvalue weighted by Crippen LogP contribution is 2.13. The normalized spacial score (nSPS) is 13.6. The molecular weight excluding hydrogens is 310 g/mol. The lowest BCUT2D eigenvalue weighted by atomic mass is 9.99. The third-order valence-corrected chi connectivity index (χ3v) is 3.54. The minimum absolute atomic E-state index is 0.0936. The molecule has 1 amide bonds. The Hall–Kier alpha value is -1.36. The van der Waals surface area contributed by atoms with Gasteiger partial charge in [-0.05, 0) is 23.6 Å². The van der Waals surface area contributed by atoms with Gasteiger partial charge in [0.25, 0.3) is 0 Å². The molecule has 1 aromatic rings. The molecule has 2 atom stereocenters. The highest BCUT2D eigenvalue weighted by atomic mass is 79.9. The molecule has 2 N–H and O–H groups in total. The Labute approximate surface area is 121 Å². The van der Waals surface area contributed by atoms with Gasteiger partial charge in [0.15, 0.2) is 0 Å². The monoisotopic (exact) mass is 327 g/mol. The number of hydrogen-bond acceptors (Lipinski definition) is 2. The van der Waals surface area contributed by atoms with E-state index in [4.69, 9.17) is 5.11 Å². The summed E-state index contributed by atoms with van der Waals surface area (Å²) in [7, 11) is 0. The minimum atomic E-state index is -0.989. The number of hydrogen-bond donors (Lipinski definition) is 2. The van der Waals surface area contributed by atoms with E-state index in [9.17, 15) is 9.59 Å². The lowest BCUT2D eigenvalue weighted by Gasteiger charge is -2.20. The molecule has 0 bridgehead atoms. The van der Waals surface area contributed by atoms with Gasteiger partial charge < -0.3 is 10.4 Å². The highest BCUT2D eigenvalue weighted by Gasteiger charge is 2.25. The molecule has 0 aliphatic rings. The van der Waals surface area contributed by atoms with Crippen LogP contribution in [0.25, 0.3) is 0 Å². The smallest absolute Gasteiger partial charge is 0.326 e. The van der Waals surface area contributed by atoms with Gasteiger partial charge in [-0.15, -0.1) is 0 Å². The largest absolute Gasteiger partial charge is 0.480 e. The number of benzene rings is 1. The number of rotatable bonds is 6. The van der Waals surface area contributed by atoms with Crippen molar-refractivity contribution >= 4 is 27.8 Å². The van der Waals surface area contributed by atoms with Crippen molar-refractivity contribution in [1.29, 1.82) is 0 Å². The standard InChI is InChI=1S/C14H18BrNO3/c1-3-9(2)13(14(18)19)16-12(17)8-10-5-4-6-11(15)7-10/h4-7,9,13H,3,8H2,1-2H3,(H,16,17)(H,18,19). The summed E-state index contributed by atoms with van der Waals surface area (Å²) in [6.07, 6.45) is 0.883. The van der Waals surface area contributed by atoms with E-state index in [1.165, 1.54) is 0 Å². The molecule has 4 nitrogen and oxygen atoms in total. The zero-order valence-corrected chi connectivity index (χ0v) is 12.6. The lowest BCUT2D eigenvalue weighted by molar-refractivity contribution is -0.143. The van der Waals surface area contributed by atoms with Crippen LogP contribution in [0.4, 0.5) is 0 Å². The second-order valence-electron chi connectivity index (χ2n) is 4.58. The van der Waals surface area contributed by atoms with E-state index in [1.807, 2.05) is 38.1 Å². The van der Waals surface area contributed by atoms with Crippen LogP contribution in [0.1, 0.15) is 25.8 Å². The van der Waals surface area contributed by atoms with Crippen molar-refractivity contribution in [1.82, 2.24) is 5.32 Å². The molecule has 104 valence electrons. The number of aliphatic carboxylic acids is 1. The first-order valence-corrected chi connectivity index (χ1v) is 7.00. The maximum atomic E-state index is 11.9. The van der Waals surface area contributed by atoms with Gasteiger partial charge in [0.2, 0.25) is 5.91 Å². The highest BCUT2D eigenvalue weighted by molar-refractivity contribution is 9.10. The van der Waals surface area contributed by atoms with E-state index in [1.54, 1.807) is 0 Å². The SMILES string of the molecule is CCC(C)C(NC(=O)Cc1cccc(Br)c1)C(=O)O. The summed E-state index contributed by atoms with van der Waals surface area (Å²) in [4.78, 5) is 23.0. The van der Waals surface area contributed by atoms with Gasteiger partial charge in [-0.2, -0.15) is 0 Å². The van der Waals surface area contributed by atoms with Crippen LogP contribution in [0, 0.1) is 5.92 Å². The molecule has 0 aliphatic carbocycles. The van der Waals surface area contributed by atoms with Gasteiger partial charge in [0, 0.05) is 4.47 Å². The quantitative estimate of drug-likeness (QED) is 0.844. The fourth-order valence-corrected chi connectivity index (χ4v) is 2.19. The third-order valence-electron chi connectivity index (χ3n) is 3.05. The Balaban J connectivity index is 2.65. The zero-order valence-electron chi connectivity index (χ0n) is 11.0. The topological polar surface area (TPSA) is 66.4 Å². The van der Waals surface area contributed by atoms with Crippen molar-refractivity contribution in [2.45, 2.75) is 32.7 Å². The zero-order chi connectivity index (χ0) is 14.4. The second-order valence-corrected chi connectivity index (χ2v) is 5.49. The number of nitrogens with one attached hydrogen (secondary N) is 1. The van der Waals surface area contributed by atoms with Gasteiger partial charge in [-0.1, -0.05) is 48.3 Å². The number of carbonyl (C=O) groups is 2. The van der Waals surface area contributed by atoms with Crippen molar-refractivity contribution in [3.63, 3.8) is 0 Å². The molecule has 0 saturated heterocycles. The maximum absolute atomic E-state index is 11.9. The number of carboxylic acids is 1. The van der Waals surface area contributed by atoms with E-state index in [0.29, 0.717) is 6.42 Å². The van der Waals surface area contributed by atoms with Crippen LogP contribution >= 0.6 is 15.9 Å². The molecule has 0 saturated carbocycles. The average Bonchev–Trinajstić information content (AvgIpc) is 2.34. The summed E-state index contributed by atoms with van der Waals surface area (Å²) >= 11 is 3.33. The van der Waals surface area contributed by atoms with Crippen molar-refractivity contribution in [2.75, 3.05) is 0 Å². The van der Waals surface area contributed by atoms with Crippen molar-refractivity contribution < 1.29 is 14.7 Å². The van der Waals surface area contributed by atoms with Gasteiger partial charge in [-0.3, -0.25) is 4.79 Å². The Bertz CT molecular complexity index is 462. The fraction of sp³-hybridized carbons (Fsp3) is 0.429. The van der Waals surface area contributed by atoms with Gasteiger partial charge >= 0.3 is 5.97 Å². The molecular formula is C14H18BrNO3. The van der Waals surface area contributed by atoms with Gasteiger partial charge in [0.05, 0.1) is 6.42 Å². The molecule has 2 unspecified atom stereocenters. The lowest BCUT2D eigenvalue weighted by Crippen LogP contribution is -2.45. The molecule has 19 heavy (non-hydrogen) atoms. The van der Waals surface area contributed by atoms with Crippen molar-refractivity contribution in [3.8, 4) is 0 Å². The van der Waals surface area contributed by atoms with E-state index in [2.05, 4.69) is 21.2 Å². The van der Waals surface area contributed by atoms with Crippen LogP contribution in [-0.4, -0.2) is 23.0 Å². The molecule has 1 aromatic carbocycles. The second kappa shape index (κ2) is 7.28.